The molecule has 1 aromatic heterocycles. The van der Waals surface area contributed by atoms with Crippen molar-refractivity contribution in [2.75, 3.05) is 11.5 Å². The summed E-state index contributed by atoms with van der Waals surface area (Å²) in [5.41, 5.74) is 0.363. The summed E-state index contributed by atoms with van der Waals surface area (Å²) in [6.07, 6.45) is 2.40. The molecule has 1 saturated heterocycles. The Kier molecular flexibility index (Phi) is 2.58. The van der Waals surface area contributed by atoms with E-state index >= 15 is 0 Å². The molecule has 0 saturated carbocycles. The van der Waals surface area contributed by atoms with E-state index in [2.05, 4.69) is 15.7 Å². The van der Waals surface area contributed by atoms with Crippen LogP contribution in [0.3, 0.4) is 0 Å². The average Bonchev–Trinajstić information content (AvgIpc) is 2.65. The molecule has 0 aromatic carbocycles. The van der Waals surface area contributed by atoms with Crippen LogP contribution in [0.2, 0.25) is 0 Å². The Bertz CT molecular complexity index is 278. The van der Waals surface area contributed by atoms with Gasteiger partial charge in [-0.05, 0) is 11.7 Å². The second kappa shape index (κ2) is 3.55. The minimum Gasteiger partial charge on any atom is -0.388 e. The first-order chi connectivity index (χ1) is 6.21. The van der Waals surface area contributed by atoms with Gasteiger partial charge in [0.15, 0.2) is 0 Å². The summed E-state index contributed by atoms with van der Waals surface area (Å²) < 4.78 is 8.05. The molecule has 2 heterocycles. The van der Waals surface area contributed by atoms with Gasteiger partial charge in [0, 0.05) is 12.2 Å². The predicted octanol–water partition coefficient (Wildman–Crippen LogP) is 1.19. The van der Waals surface area contributed by atoms with E-state index in [0.29, 0.717) is 12.3 Å². The van der Waals surface area contributed by atoms with Crippen LogP contribution < -0.4 is 0 Å². The molecule has 0 amide bonds. The number of aromatic nitrogens is 2. The van der Waals surface area contributed by atoms with Crippen molar-refractivity contribution >= 4 is 23.5 Å². The molecule has 0 bridgehead atoms. The van der Waals surface area contributed by atoms with E-state index < -0.39 is 5.60 Å². The van der Waals surface area contributed by atoms with Crippen LogP contribution in [0.1, 0.15) is 12.6 Å². The van der Waals surface area contributed by atoms with E-state index in [1.807, 2.05) is 11.8 Å². The molecule has 13 heavy (non-hydrogen) atoms. The molecule has 1 aliphatic rings. The zero-order valence-electron chi connectivity index (χ0n) is 7.43. The summed E-state index contributed by atoms with van der Waals surface area (Å²) in [5.74, 6) is 2.24. The van der Waals surface area contributed by atoms with E-state index in [1.165, 1.54) is 11.7 Å². The molecule has 1 N–H and O–H groups in total. The summed E-state index contributed by atoms with van der Waals surface area (Å²) in [4.78, 5) is 0. The van der Waals surface area contributed by atoms with E-state index in [0.717, 1.165) is 17.2 Å². The van der Waals surface area contributed by atoms with Gasteiger partial charge in [-0.15, -0.1) is 0 Å². The standard InChI is InChI=1S/C8H12N2OS2/c1-6-4-12-5-8(6,11)2-7-3-9-13-10-7/h3,6,11H,2,4-5H2,1H3. The van der Waals surface area contributed by atoms with Gasteiger partial charge in [-0.1, -0.05) is 6.92 Å². The predicted molar refractivity (Wildman–Crippen MR) is 55.1 cm³/mol. The van der Waals surface area contributed by atoms with Gasteiger partial charge in [0.2, 0.25) is 0 Å². The minimum absolute atomic E-state index is 0.360. The summed E-state index contributed by atoms with van der Waals surface area (Å²) >= 11 is 3.02. The third-order valence-corrected chi connectivity index (χ3v) is 4.49. The first-order valence-corrected chi connectivity index (χ1v) is 6.16. The van der Waals surface area contributed by atoms with Crippen LogP contribution >= 0.6 is 23.5 Å². The smallest absolute Gasteiger partial charge is 0.0827 e. The highest BCUT2D eigenvalue weighted by molar-refractivity contribution is 7.99. The fourth-order valence-corrected chi connectivity index (χ4v) is 3.46. The second-order valence-corrected chi connectivity index (χ2v) is 5.18. The fraction of sp³-hybridized carbons (Fsp3) is 0.750. The van der Waals surface area contributed by atoms with Crippen LogP contribution in [0.25, 0.3) is 0 Å². The molecule has 0 aliphatic carbocycles. The Morgan fingerprint density at radius 2 is 2.62 bits per heavy atom. The minimum atomic E-state index is -0.555. The number of rotatable bonds is 2. The van der Waals surface area contributed by atoms with Crippen LogP contribution in [0.5, 0.6) is 0 Å². The van der Waals surface area contributed by atoms with Crippen LogP contribution in [-0.4, -0.2) is 31.0 Å². The van der Waals surface area contributed by atoms with E-state index in [-0.39, 0.29) is 0 Å². The van der Waals surface area contributed by atoms with Crippen LogP contribution in [0, 0.1) is 5.92 Å². The van der Waals surface area contributed by atoms with Gasteiger partial charge < -0.3 is 5.11 Å². The lowest BCUT2D eigenvalue weighted by Gasteiger charge is -2.25. The van der Waals surface area contributed by atoms with Crippen LogP contribution in [0.4, 0.5) is 0 Å². The molecule has 1 aromatic rings. The van der Waals surface area contributed by atoms with Crippen molar-refractivity contribution < 1.29 is 5.11 Å². The Balaban J connectivity index is 2.08. The van der Waals surface area contributed by atoms with Gasteiger partial charge in [-0.2, -0.15) is 20.5 Å². The molecule has 0 spiro atoms. The molecular weight excluding hydrogens is 204 g/mol. The van der Waals surface area contributed by atoms with Crippen molar-refractivity contribution in [3.63, 3.8) is 0 Å². The van der Waals surface area contributed by atoms with Gasteiger partial charge in [0.1, 0.15) is 0 Å². The van der Waals surface area contributed by atoms with E-state index in [1.54, 1.807) is 6.20 Å². The topological polar surface area (TPSA) is 46.0 Å². The Labute approximate surface area is 85.9 Å². The van der Waals surface area contributed by atoms with E-state index in [4.69, 9.17) is 0 Å². The summed E-state index contributed by atoms with van der Waals surface area (Å²) in [6.45, 7) is 2.10. The maximum atomic E-state index is 10.2. The zero-order valence-corrected chi connectivity index (χ0v) is 9.07. The Morgan fingerprint density at radius 1 is 1.77 bits per heavy atom. The molecule has 1 aliphatic heterocycles. The van der Waals surface area contributed by atoms with Gasteiger partial charge in [-0.3, -0.25) is 0 Å². The monoisotopic (exact) mass is 216 g/mol. The molecular formula is C8H12N2OS2. The van der Waals surface area contributed by atoms with Crippen LogP contribution in [0.15, 0.2) is 6.20 Å². The number of aliphatic hydroxyl groups is 1. The van der Waals surface area contributed by atoms with E-state index in [9.17, 15) is 5.11 Å². The van der Waals surface area contributed by atoms with Crippen molar-refractivity contribution in [1.82, 2.24) is 8.75 Å². The van der Waals surface area contributed by atoms with Gasteiger partial charge in [0.05, 0.1) is 29.2 Å². The highest BCUT2D eigenvalue weighted by Crippen LogP contribution is 2.35. The molecule has 3 nitrogen and oxygen atoms in total. The molecule has 2 unspecified atom stereocenters. The normalized spacial score (nSPS) is 33.8. The lowest BCUT2D eigenvalue weighted by Crippen LogP contribution is -2.37. The third kappa shape index (κ3) is 1.87. The first kappa shape index (κ1) is 9.43. The van der Waals surface area contributed by atoms with Crippen molar-refractivity contribution in [3.8, 4) is 0 Å². The summed E-state index contributed by atoms with van der Waals surface area (Å²) in [6, 6.07) is 0. The third-order valence-electron chi connectivity index (χ3n) is 2.53. The highest BCUT2D eigenvalue weighted by Gasteiger charge is 2.39. The number of thioether (sulfide) groups is 1. The number of hydrogen-bond acceptors (Lipinski definition) is 5. The van der Waals surface area contributed by atoms with Crippen molar-refractivity contribution in [3.05, 3.63) is 11.9 Å². The molecule has 2 atom stereocenters. The summed E-state index contributed by atoms with van der Waals surface area (Å²) in [5, 5.41) is 10.2. The molecule has 1 fully saturated rings. The van der Waals surface area contributed by atoms with Gasteiger partial charge in [0.25, 0.3) is 0 Å². The SMILES string of the molecule is CC1CSCC1(O)Cc1cnsn1. The zero-order chi connectivity index (χ0) is 9.31. The Hall–Kier alpha value is -0.130. The second-order valence-electron chi connectivity index (χ2n) is 3.60. The van der Waals surface area contributed by atoms with Crippen molar-refractivity contribution in [1.29, 1.82) is 0 Å². The van der Waals surface area contributed by atoms with Crippen molar-refractivity contribution in [2.24, 2.45) is 5.92 Å². The maximum absolute atomic E-state index is 10.2. The average molecular weight is 216 g/mol. The molecule has 2 rings (SSSR count). The first-order valence-electron chi connectivity index (χ1n) is 4.27. The molecule has 5 heteroatoms. The summed E-state index contributed by atoms with van der Waals surface area (Å²) in [7, 11) is 0. The van der Waals surface area contributed by atoms with Gasteiger partial charge in [-0.25, -0.2) is 0 Å². The quantitative estimate of drug-likeness (QED) is 0.807. The Morgan fingerprint density at radius 3 is 3.15 bits per heavy atom. The lowest BCUT2D eigenvalue weighted by molar-refractivity contribution is 0.0271. The number of hydrogen-bond donors (Lipinski definition) is 1. The van der Waals surface area contributed by atoms with Crippen LogP contribution in [-0.2, 0) is 6.42 Å². The highest BCUT2D eigenvalue weighted by atomic mass is 32.2. The van der Waals surface area contributed by atoms with Gasteiger partial charge >= 0.3 is 0 Å². The lowest BCUT2D eigenvalue weighted by atomic mass is 9.88. The molecule has 0 radical (unpaired) electrons. The molecule has 72 valence electrons. The maximum Gasteiger partial charge on any atom is 0.0827 e. The number of nitrogens with zero attached hydrogens (tertiary/aromatic N) is 2. The fourth-order valence-electron chi connectivity index (χ4n) is 1.51. The largest absolute Gasteiger partial charge is 0.388 e. The van der Waals surface area contributed by atoms with Crippen molar-refractivity contribution in [2.45, 2.75) is 18.9 Å².